The number of hydrogen-bond donors (Lipinski definition) is 1. The predicted molar refractivity (Wildman–Crippen MR) is 78.5 cm³/mol. The lowest BCUT2D eigenvalue weighted by atomic mass is 9.76. The SMILES string of the molecule is NC1(C(=O)N(Cc2ccccc2Br)C2CC2)CCC1. The fourth-order valence-electron chi connectivity index (χ4n) is 2.62. The molecule has 2 aliphatic rings. The molecule has 0 atom stereocenters. The van der Waals surface area contributed by atoms with Crippen molar-refractivity contribution in [2.75, 3.05) is 0 Å². The molecule has 2 N–H and O–H groups in total. The fourth-order valence-corrected chi connectivity index (χ4v) is 3.03. The number of rotatable bonds is 4. The number of nitrogens with two attached hydrogens (primary N) is 1. The van der Waals surface area contributed by atoms with Gasteiger partial charge in [-0.25, -0.2) is 0 Å². The molecule has 102 valence electrons. The van der Waals surface area contributed by atoms with E-state index in [-0.39, 0.29) is 5.91 Å². The Morgan fingerprint density at radius 1 is 1.37 bits per heavy atom. The average Bonchev–Trinajstić information content (AvgIpc) is 3.18. The van der Waals surface area contributed by atoms with Gasteiger partial charge in [0.2, 0.25) is 5.91 Å². The van der Waals surface area contributed by atoms with Crippen LogP contribution < -0.4 is 5.73 Å². The highest BCUT2D eigenvalue weighted by Crippen LogP contribution is 2.36. The van der Waals surface area contributed by atoms with Gasteiger partial charge in [-0.05, 0) is 43.7 Å². The number of hydrogen-bond acceptors (Lipinski definition) is 2. The second-order valence-electron chi connectivity index (χ2n) is 5.77. The van der Waals surface area contributed by atoms with E-state index in [0.29, 0.717) is 12.6 Å². The first-order chi connectivity index (χ1) is 9.10. The van der Waals surface area contributed by atoms with Crippen LogP contribution in [0.15, 0.2) is 28.7 Å². The van der Waals surface area contributed by atoms with Gasteiger partial charge in [0.25, 0.3) is 0 Å². The van der Waals surface area contributed by atoms with Gasteiger partial charge in [0, 0.05) is 17.1 Å². The molecule has 0 unspecified atom stereocenters. The van der Waals surface area contributed by atoms with Gasteiger partial charge in [-0.1, -0.05) is 34.1 Å². The number of amides is 1. The molecule has 4 heteroatoms. The summed E-state index contributed by atoms with van der Waals surface area (Å²) in [4.78, 5) is 14.6. The molecule has 0 radical (unpaired) electrons. The van der Waals surface area contributed by atoms with E-state index in [0.717, 1.165) is 42.1 Å². The van der Waals surface area contributed by atoms with Gasteiger partial charge in [0.1, 0.15) is 0 Å². The summed E-state index contributed by atoms with van der Waals surface area (Å²) in [6.07, 6.45) is 4.99. The maximum atomic E-state index is 12.6. The summed E-state index contributed by atoms with van der Waals surface area (Å²) in [6.45, 7) is 0.671. The van der Waals surface area contributed by atoms with E-state index in [1.807, 2.05) is 23.1 Å². The number of benzene rings is 1. The minimum atomic E-state index is -0.580. The van der Waals surface area contributed by atoms with Gasteiger partial charge in [-0.3, -0.25) is 4.79 Å². The molecule has 1 amide bonds. The minimum Gasteiger partial charge on any atom is -0.334 e. The monoisotopic (exact) mass is 322 g/mol. The standard InChI is InChI=1S/C15H19BrN2O/c16-13-5-2-1-4-11(13)10-18(12-6-7-12)14(19)15(17)8-3-9-15/h1-2,4-5,12H,3,6-10,17H2. The second-order valence-corrected chi connectivity index (χ2v) is 6.62. The lowest BCUT2D eigenvalue weighted by Crippen LogP contribution is -2.59. The molecule has 1 aromatic carbocycles. The molecule has 3 rings (SSSR count). The van der Waals surface area contributed by atoms with Crippen molar-refractivity contribution in [2.24, 2.45) is 5.73 Å². The van der Waals surface area contributed by atoms with Crippen LogP contribution in [0.2, 0.25) is 0 Å². The summed E-state index contributed by atoms with van der Waals surface area (Å²) < 4.78 is 1.06. The van der Waals surface area contributed by atoms with Crippen LogP contribution in [0.5, 0.6) is 0 Å². The van der Waals surface area contributed by atoms with E-state index in [9.17, 15) is 4.79 Å². The molecule has 19 heavy (non-hydrogen) atoms. The van der Waals surface area contributed by atoms with Crippen molar-refractivity contribution in [1.82, 2.24) is 4.90 Å². The molecular formula is C15H19BrN2O. The highest BCUT2D eigenvalue weighted by molar-refractivity contribution is 9.10. The van der Waals surface area contributed by atoms with Crippen molar-refractivity contribution in [1.29, 1.82) is 0 Å². The van der Waals surface area contributed by atoms with Gasteiger partial charge in [0.05, 0.1) is 5.54 Å². The van der Waals surface area contributed by atoms with Crippen molar-refractivity contribution in [3.63, 3.8) is 0 Å². The minimum absolute atomic E-state index is 0.150. The normalized spacial score (nSPS) is 20.7. The molecule has 0 heterocycles. The van der Waals surface area contributed by atoms with Gasteiger partial charge >= 0.3 is 0 Å². The van der Waals surface area contributed by atoms with Gasteiger partial charge in [0.15, 0.2) is 0 Å². The maximum Gasteiger partial charge on any atom is 0.243 e. The first-order valence-corrected chi connectivity index (χ1v) is 7.73. The first-order valence-electron chi connectivity index (χ1n) is 6.93. The van der Waals surface area contributed by atoms with E-state index in [4.69, 9.17) is 5.73 Å². The van der Waals surface area contributed by atoms with Gasteiger partial charge in [-0.2, -0.15) is 0 Å². The summed E-state index contributed by atoms with van der Waals surface area (Å²) in [6, 6.07) is 8.49. The van der Waals surface area contributed by atoms with Crippen LogP contribution in [0.1, 0.15) is 37.7 Å². The molecule has 0 aromatic heterocycles. The Morgan fingerprint density at radius 3 is 2.58 bits per heavy atom. The molecule has 0 bridgehead atoms. The Labute approximate surface area is 122 Å². The Morgan fingerprint density at radius 2 is 2.05 bits per heavy atom. The van der Waals surface area contributed by atoms with Crippen LogP contribution in [0, 0.1) is 0 Å². The number of carbonyl (C=O) groups is 1. The Balaban J connectivity index is 1.78. The molecule has 3 nitrogen and oxygen atoms in total. The quantitative estimate of drug-likeness (QED) is 0.926. The largest absolute Gasteiger partial charge is 0.334 e. The third-order valence-electron chi connectivity index (χ3n) is 4.22. The van der Waals surface area contributed by atoms with E-state index in [1.54, 1.807) is 0 Å². The summed E-state index contributed by atoms with van der Waals surface area (Å²) >= 11 is 3.56. The predicted octanol–water partition coefficient (Wildman–Crippen LogP) is 2.82. The van der Waals surface area contributed by atoms with Crippen molar-refractivity contribution >= 4 is 21.8 Å². The zero-order chi connectivity index (χ0) is 13.5. The number of nitrogens with zero attached hydrogens (tertiary/aromatic N) is 1. The summed E-state index contributed by atoms with van der Waals surface area (Å²) in [5.41, 5.74) is 6.78. The smallest absolute Gasteiger partial charge is 0.243 e. The molecular weight excluding hydrogens is 304 g/mol. The van der Waals surface area contributed by atoms with Crippen LogP contribution >= 0.6 is 15.9 Å². The number of halogens is 1. The van der Waals surface area contributed by atoms with Crippen molar-refractivity contribution in [3.8, 4) is 0 Å². The van der Waals surface area contributed by atoms with Gasteiger partial charge in [-0.15, -0.1) is 0 Å². The summed E-state index contributed by atoms with van der Waals surface area (Å²) in [5, 5.41) is 0. The molecule has 0 saturated heterocycles. The van der Waals surface area contributed by atoms with Crippen LogP contribution in [0.25, 0.3) is 0 Å². The summed E-state index contributed by atoms with van der Waals surface area (Å²) in [7, 11) is 0. The summed E-state index contributed by atoms with van der Waals surface area (Å²) in [5.74, 6) is 0.150. The van der Waals surface area contributed by atoms with E-state index in [2.05, 4.69) is 22.0 Å². The van der Waals surface area contributed by atoms with Crippen molar-refractivity contribution < 1.29 is 4.79 Å². The average molecular weight is 323 g/mol. The van der Waals surface area contributed by atoms with E-state index >= 15 is 0 Å². The molecule has 2 fully saturated rings. The van der Waals surface area contributed by atoms with Crippen LogP contribution in [0.3, 0.4) is 0 Å². The molecule has 1 aromatic rings. The first kappa shape index (κ1) is 13.1. The zero-order valence-corrected chi connectivity index (χ0v) is 12.5. The highest BCUT2D eigenvalue weighted by atomic mass is 79.9. The Bertz CT molecular complexity index is 495. The fraction of sp³-hybridized carbons (Fsp3) is 0.533. The van der Waals surface area contributed by atoms with Crippen LogP contribution in [0.4, 0.5) is 0 Å². The highest BCUT2D eigenvalue weighted by Gasteiger charge is 2.46. The van der Waals surface area contributed by atoms with Crippen LogP contribution in [-0.4, -0.2) is 22.4 Å². The van der Waals surface area contributed by atoms with Crippen LogP contribution in [-0.2, 0) is 11.3 Å². The molecule has 0 aliphatic heterocycles. The number of carbonyl (C=O) groups excluding carboxylic acids is 1. The van der Waals surface area contributed by atoms with Gasteiger partial charge < -0.3 is 10.6 Å². The maximum absolute atomic E-state index is 12.6. The van der Waals surface area contributed by atoms with E-state index < -0.39 is 5.54 Å². The third-order valence-corrected chi connectivity index (χ3v) is 4.99. The molecule has 2 saturated carbocycles. The molecule has 2 aliphatic carbocycles. The topological polar surface area (TPSA) is 46.3 Å². The van der Waals surface area contributed by atoms with Crippen molar-refractivity contribution in [3.05, 3.63) is 34.3 Å². The second kappa shape index (κ2) is 4.91. The lowest BCUT2D eigenvalue weighted by molar-refractivity contribution is -0.141. The Hall–Kier alpha value is -0.870. The molecule has 0 spiro atoms. The lowest BCUT2D eigenvalue weighted by Gasteiger charge is -2.40. The zero-order valence-electron chi connectivity index (χ0n) is 10.9. The third kappa shape index (κ3) is 2.56. The Kier molecular flexibility index (Phi) is 3.39. The van der Waals surface area contributed by atoms with E-state index in [1.165, 1.54) is 0 Å². The van der Waals surface area contributed by atoms with Crippen molar-refractivity contribution in [2.45, 2.75) is 50.2 Å².